The van der Waals surface area contributed by atoms with Crippen LogP contribution >= 0.6 is 0 Å². The number of nitrogens with one attached hydrogen (secondary N) is 1. The summed E-state index contributed by atoms with van der Waals surface area (Å²) in [4.78, 5) is 27.8. The molecule has 3 amide bonds. The highest BCUT2D eigenvalue weighted by molar-refractivity contribution is 5.96. The largest absolute Gasteiger partial charge is 0.379 e. The maximum absolute atomic E-state index is 12.9. The molecule has 1 aliphatic heterocycles. The van der Waals surface area contributed by atoms with Crippen molar-refractivity contribution in [2.75, 3.05) is 37.2 Å². The van der Waals surface area contributed by atoms with Crippen LogP contribution < -0.4 is 11.1 Å². The number of urea groups is 1. The van der Waals surface area contributed by atoms with Gasteiger partial charge in [-0.05, 0) is 41.0 Å². The van der Waals surface area contributed by atoms with Gasteiger partial charge in [0, 0.05) is 31.9 Å². The second-order valence-corrected chi connectivity index (χ2v) is 5.57. The summed E-state index contributed by atoms with van der Waals surface area (Å²) < 4.78 is 17.4. The quantitative estimate of drug-likeness (QED) is 0.841. The Bertz CT molecular complexity index is 763. The maximum atomic E-state index is 12.9. The second kappa shape index (κ2) is 7.16. The lowest BCUT2D eigenvalue weighted by atomic mass is 10.3. The molecule has 1 aliphatic rings. The predicted octanol–water partition coefficient (Wildman–Crippen LogP) is 1.17. The van der Waals surface area contributed by atoms with Gasteiger partial charge < -0.3 is 20.9 Å². The number of hydrogen-bond acceptors (Lipinski definition) is 6. The van der Waals surface area contributed by atoms with Crippen LogP contribution in [0.1, 0.15) is 16.9 Å². The van der Waals surface area contributed by atoms with E-state index in [1.54, 1.807) is 9.80 Å². The van der Waals surface area contributed by atoms with Gasteiger partial charge in [0.25, 0.3) is 5.91 Å². The molecular formula is C15H17FN6O3. The van der Waals surface area contributed by atoms with Crippen LogP contribution in [0.5, 0.6) is 0 Å². The van der Waals surface area contributed by atoms with Crippen LogP contribution in [0, 0.1) is 5.82 Å². The topological polar surface area (TPSA) is 118 Å². The molecule has 0 spiro atoms. The Labute approximate surface area is 142 Å². The van der Waals surface area contributed by atoms with Gasteiger partial charge in [0.2, 0.25) is 11.5 Å². The Morgan fingerprint density at radius 1 is 1.08 bits per heavy atom. The monoisotopic (exact) mass is 348 g/mol. The Hall–Kier alpha value is -3.17. The third-order valence-corrected chi connectivity index (χ3v) is 3.88. The van der Waals surface area contributed by atoms with Gasteiger partial charge in [0.05, 0.1) is 0 Å². The van der Waals surface area contributed by atoms with Gasteiger partial charge in [-0.3, -0.25) is 4.79 Å². The molecule has 0 unspecified atom stereocenters. The highest BCUT2D eigenvalue weighted by atomic mass is 19.1. The molecule has 3 rings (SSSR count). The number of rotatable bonds is 2. The first-order valence-electron chi connectivity index (χ1n) is 7.73. The molecule has 1 aromatic carbocycles. The van der Waals surface area contributed by atoms with Crippen molar-refractivity contribution in [2.45, 2.75) is 6.42 Å². The van der Waals surface area contributed by atoms with Crippen molar-refractivity contribution >= 4 is 23.4 Å². The number of halogens is 1. The number of aromatic nitrogens is 2. The van der Waals surface area contributed by atoms with Crippen molar-refractivity contribution in [1.29, 1.82) is 0 Å². The van der Waals surface area contributed by atoms with Crippen molar-refractivity contribution < 1.29 is 18.6 Å². The number of amides is 3. The Morgan fingerprint density at radius 2 is 1.76 bits per heavy atom. The van der Waals surface area contributed by atoms with Crippen LogP contribution in [0.3, 0.4) is 0 Å². The van der Waals surface area contributed by atoms with E-state index in [9.17, 15) is 14.0 Å². The average Bonchev–Trinajstić information content (AvgIpc) is 2.88. The molecule has 2 heterocycles. The maximum Gasteiger partial charge on any atom is 0.321 e. The SMILES string of the molecule is Nc1nonc1C(=O)N1CCCN(C(=O)Nc2ccc(F)cc2)CC1. The third kappa shape index (κ3) is 3.84. The highest BCUT2D eigenvalue weighted by Crippen LogP contribution is 2.13. The third-order valence-electron chi connectivity index (χ3n) is 3.88. The van der Waals surface area contributed by atoms with Crippen molar-refractivity contribution in [1.82, 2.24) is 20.1 Å². The Morgan fingerprint density at radius 3 is 2.44 bits per heavy atom. The van der Waals surface area contributed by atoms with Crippen LogP contribution in [0.4, 0.5) is 20.7 Å². The molecule has 1 aromatic heterocycles. The van der Waals surface area contributed by atoms with E-state index in [2.05, 4.69) is 20.3 Å². The summed E-state index contributed by atoms with van der Waals surface area (Å²) >= 11 is 0. The molecule has 9 nitrogen and oxygen atoms in total. The molecule has 0 radical (unpaired) electrons. The van der Waals surface area contributed by atoms with Crippen LogP contribution in [-0.2, 0) is 0 Å². The van der Waals surface area contributed by atoms with Crippen molar-refractivity contribution in [3.8, 4) is 0 Å². The molecule has 3 N–H and O–H groups in total. The molecule has 0 atom stereocenters. The van der Waals surface area contributed by atoms with Crippen molar-refractivity contribution in [3.05, 3.63) is 35.8 Å². The van der Waals surface area contributed by atoms with Crippen molar-refractivity contribution in [3.63, 3.8) is 0 Å². The summed E-state index contributed by atoms with van der Waals surface area (Å²) in [6, 6.07) is 5.22. The van der Waals surface area contributed by atoms with E-state index in [4.69, 9.17) is 5.73 Å². The Balaban J connectivity index is 1.59. The molecule has 132 valence electrons. The first kappa shape index (κ1) is 16.7. The van der Waals surface area contributed by atoms with Gasteiger partial charge in [-0.1, -0.05) is 0 Å². The van der Waals surface area contributed by atoms with E-state index in [0.717, 1.165) is 0 Å². The van der Waals surface area contributed by atoms with Crippen LogP contribution in [0.25, 0.3) is 0 Å². The molecule has 25 heavy (non-hydrogen) atoms. The summed E-state index contributed by atoms with van der Waals surface area (Å²) in [5, 5.41) is 9.61. The Kier molecular flexibility index (Phi) is 4.78. The van der Waals surface area contributed by atoms with Crippen LogP contribution in [0.15, 0.2) is 28.9 Å². The first-order chi connectivity index (χ1) is 12.0. The minimum Gasteiger partial charge on any atom is -0.379 e. The predicted molar refractivity (Wildman–Crippen MR) is 86.2 cm³/mol. The molecule has 2 aromatic rings. The van der Waals surface area contributed by atoms with E-state index in [-0.39, 0.29) is 29.3 Å². The summed E-state index contributed by atoms with van der Waals surface area (Å²) in [5.74, 6) is -0.803. The second-order valence-electron chi connectivity index (χ2n) is 5.57. The van der Waals surface area contributed by atoms with Gasteiger partial charge >= 0.3 is 6.03 Å². The van der Waals surface area contributed by atoms with Gasteiger partial charge in [0.15, 0.2) is 0 Å². The fourth-order valence-corrected chi connectivity index (χ4v) is 2.55. The summed E-state index contributed by atoms with van der Waals surface area (Å²) in [5.41, 5.74) is 6.02. The normalized spacial score (nSPS) is 14.9. The van der Waals surface area contributed by atoms with E-state index in [0.29, 0.717) is 38.3 Å². The van der Waals surface area contributed by atoms with E-state index in [1.165, 1.54) is 24.3 Å². The highest BCUT2D eigenvalue weighted by Gasteiger charge is 2.26. The fraction of sp³-hybridized carbons (Fsp3) is 0.333. The fourth-order valence-electron chi connectivity index (χ4n) is 2.55. The lowest BCUT2D eigenvalue weighted by molar-refractivity contribution is 0.0752. The van der Waals surface area contributed by atoms with Gasteiger partial charge in [-0.15, -0.1) is 0 Å². The minimum atomic E-state index is -0.375. The van der Waals surface area contributed by atoms with Crippen LogP contribution in [0.2, 0.25) is 0 Å². The standard InChI is InChI=1S/C15H17FN6O3/c16-10-2-4-11(5-3-10)18-15(24)22-7-1-6-21(8-9-22)14(23)12-13(17)20-25-19-12/h2-5H,1,6-9H2,(H2,17,20)(H,18,24). The number of nitrogens with two attached hydrogens (primary N) is 1. The summed E-state index contributed by atoms with van der Waals surface area (Å²) in [7, 11) is 0. The zero-order valence-corrected chi connectivity index (χ0v) is 13.3. The van der Waals surface area contributed by atoms with E-state index in [1.807, 2.05) is 0 Å². The summed E-state index contributed by atoms with van der Waals surface area (Å²) in [6.07, 6.45) is 0.605. The molecule has 0 bridgehead atoms. The van der Waals surface area contributed by atoms with E-state index < -0.39 is 0 Å². The summed E-state index contributed by atoms with van der Waals surface area (Å²) in [6.45, 7) is 1.64. The van der Waals surface area contributed by atoms with Crippen LogP contribution in [-0.4, -0.2) is 58.2 Å². The first-order valence-corrected chi connectivity index (χ1v) is 7.73. The van der Waals surface area contributed by atoms with Gasteiger partial charge in [-0.2, -0.15) is 0 Å². The number of nitrogens with zero attached hydrogens (tertiary/aromatic N) is 4. The molecule has 1 saturated heterocycles. The molecular weight excluding hydrogens is 331 g/mol. The number of carbonyl (C=O) groups is 2. The molecule has 10 heteroatoms. The van der Waals surface area contributed by atoms with Crippen molar-refractivity contribution in [2.24, 2.45) is 0 Å². The average molecular weight is 348 g/mol. The smallest absolute Gasteiger partial charge is 0.321 e. The van der Waals surface area contributed by atoms with Gasteiger partial charge in [-0.25, -0.2) is 13.8 Å². The number of benzene rings is 1. The lowest BCUT2D eigenvalue weighted by Crippen LogP contribution is -2.39. The number of hydrogen-bond donors (Lipinski definition) is 2. The number of nitrogen functional groups attached to an aromatic ring is 1. The molecule has 0 saturated carbocycles. The lowest BCUT2D eigenvalue weighted by Gasteiger charge is -2.22. The number of anilines is 2. The minimum absolute atomic E-state index is 0.0239. The van der Waals surface area contributed by atoms with E-state index >= 15 is 0 Å². The number of carbonyl (C=O) groups excluding carboxylic acids is 2. The zero-order valence-electron chi connectivity index (χ0n) is 13.3. The molecule has 0 aliphatic carbocycles. The zero-order chi connectivity index (χ0) is 17.8. The molecule has 1 fully saturated rings. The van der Waals surface area contributed by atoms with Gasteiger partial charge in [0.1, 0.15) is 5.82 Å².